The van der Waals surface area contributed by atoms with Crippen molar-refractivity contribution in [2.24, 2.45) is 0 Å². The molecule has 1 aliphatic heterocycles. The Bertz CT molecular complexity index is 942. The van der Waals surface area contributed by atoms with Crippen LogP contribution in [0.1, 0.15) is 17.5 Å². The highest BCUT2D eigenvalue weighted by molar-refractivity contribution is 7.92. The number of nitrogens with zero attached hydrogens (tertiary/aromatic N) is 2. The normalized spacial score (nSPS) is 14.5. The number of carbonyl (C=O) groups is 1. The Hall–Kier alpha value is -2.72. The summed E-state index contributed by atoms with van der Waals surface area (Å²) in [5, 5.41) is 8.12. The third-order valence-corrected chi connectivity index (χ3v) is 6.60. The summed E-state index contributed by atoms with van der Waals surface area (Å²) in [6.07, 6.45) is 0.825. The molecule has 0 atom stereocenters. The Labute approximate surface area is 151 Å². The summed E-state index contributed by atoms with van der Waals surface area (Å²) in [6.45, 7) is 0.317. The SMILES string of the molecule is N#Cc1ccc(CCC(=O)N2CC(S(=O)(=O)c3ccc(F)cc3)C2)cc1. The Morgan fingerprint density at radius 3 is 2.31 bits per heavy atom. The molecule has 3 rings (SSSR count). The van der Waals surface area contributed by atoms with Gasteiger partial charge in [-0.3, -0.25) is 4.79 Å². The molecule has 2 aromatic carbocycles. The van der Waals surface area contributed by atoms with Gasteiger partial charge in [-0.1, -0.05) is 12.1 Å². The maximum Gasteiger partial charge on any atom is 0.222 e. The Kier molecular flexibility index (Phi) is 5.05. The number of hydrogen-bond donors (Lipinski definition) is 0. The number of sulfone groups is 1. The van der Waals surface area contributed by atoms with Crippen molar-refractivity contribution in [2.45, 2.75) is 23.0 Å². The molecular formula is C19H17FN2O3S. The van der Waals surface area contributed by atoms with Gasteiger partial charge in [-0.25, -0.2) is 12.8 Å². The van der Waals surface area contributed by atoms with Gasteiger partial charge in [-0.05, 0) is 48.4 Å². The zero-order chi connectivity index (χ0) is 18.7. The van der Waals surface area contributed by atoms with Crippen LogP contribution in [0.25, 0.3) is 0 Å². The van der Waals surface area contributed by atoms with Crippen molar-refractivity contribution in [3.63, 3.8) is 0 Å². The van der Waals surface area contributed by atoms with Crippen LogP contribution in [-0.2, 0) is 21.1 Å². The Morgan fingerprint density at radius 2 is 1.73 bits per heavy atom. The number of likely N-dealkylation sites (tertiary alicyclic amines) is 1. The van der Waals surface area contributed by atoms with Crippen LogP contribution in [0.3, 0.4) is 0 Å². The van der Waals surface area contributed by atoms with Gasteiger partial charge in [0.2, 0.25) is 5.91 Å². The molecule has 0 bridgehead atoms. The molecule has 0 spiro atoms. The van der Waals surface area contributed by atoms with Gasteiger partial charge in [0.15, 0.2) is 9.84 Å². The van der Waals surface area contributed by atoms with E-state index < -0.39 is 20.9 Å². The molecule has 5 nitrogen and oxygen atoms in total. The fourth-order valence-corrected chi connectivity index (χ4v) is 4.46. The minimum atomic E-state index is -3.55. The molecule has 0 unspecified atom stereocenters. The van der Waals surface area contributed by atoms with E-state index in [1.807, 2.05) is 18.2 Å². The van der Waals surface area contributed by atoms with Gasteiger partial charge in [0, 0.05) is 19.5 Å². The quantitative estimate of drug-likeness (QED) is 0.755. The van der Waals surface area contributed by atoms with E-state index >= 15 is 0 Å². The van der Waals surface area contributed by atoms with Gasteiger partial charge in [0.25, 0.3) is 0 Å². The summed E-state index contributed by atoms with van der Waals surface area (Å²) in [5.41, 5.74) is 1.52. The molecule has 0 N–H and O–H groups in total. The second-order valence-corrected chi connectivity index (χ2v) is 8.46. The molecule has 0 aromatic heterocycles. The highest BCUT2D eigenvalue weighted by Crippen LogP contribution is 2.24. The van der Waals surface area contributed by atoms with Crippen molar-refractivity contribution >= 4 is 15.7 Å². The van der Waals surface area contributed by atoms with E-state index in [9.17, 15) is 17.6 Å². The third-order valence-electron chi connectivity index (χ3n) is 4.49. The average molecular weight is 372 g/mol. The molecule has 0 aliphatic carbocycles. The maximum atomic E-state index is 12.9. The van der Waals surface area contributed by atoms with Crippen LogP contribution in [0.2, 0.25) is 0 Å². The summed E-state index contributed by atoms with van der Waals surface area (Å²) in [5.74, 6) is -0.586. The van der Waals surface area contributed by atoms with Crippen LogP contribution in [0.5, 0.6) is 0 Å². The third kappa shape index (κ3) is 3.75. The van der Waals surface area contributed by atoms with E-state index in [1.54, 1.807) is 12.1 Å². The predicted octanol–water partition coefficient (Wildman–Crippen LogP) is 2.31. The van der Waals surface area contributed by atoms with Crippen molar-refractivity contribution in [1.29, 1.82) is 5.26 Å². The Morgan fingerprint density at radius 1 is 1.12 bits per heavy atom. The van der Waals surface area contributed by atoms with Crippen molar-refractivity contribution in [2.75, 3.05) is 13.1 Å². The first-order valence-corrected chi connectivity index (χ1v) is 9.71. The lowest BCUT2D eigenvalue weighted by Crippen LogP contribution is -2.56. The number of halogens is 1. The molecule has 0 radical (unpaired) electrons. The van der Waals surface area contributed by atoms with Crippen LogP contribution in [0.4, 0.5) is 4.39 Å². The smallest absolute Gasteiger partial charge is 0.222 e. The van der Waals surface area contributed by atoms with E-state index in [0.717, 1.165) is 17.7 Å². The number of rotatable bonds is 5. The van der Waals surface area contributed by atoms with Gasteiger partial charge in [-0.2, -0.15) is 5.26 Å². The summed E-state index contributed by atoms with van der Waals surface area (Å²) in [6, 6.07) is 13.8. The number of hydrogen-bond acceptors (Lipinski definition) is 4. The molecule has 0 saturated carbocycles. The first kappa shape index (κ1) is 18.1. The number of benzene rings is 2. The van der Waals surface area contributed by atoms with Crippen molar-refractivity contribution in [3.8, 4) is 6.07 Å². The van der Waals surface area contributed by atoms with Gasteiger partial charge >= 0.3 is 0 Å². The molecule has 134 valence electrons. The summed E-state index contributed by atoms with van der Waals surface area (Å²) >= 11 is 0. The van der Waals surface area contributed by atoms with Crippen LogP contribution in [0, 0.1) is 17.1 Å². The standard InChI is InChI=1S/C19H17FN2O3S/c20-16-6-8-17(9-7-16)26(24,25)18-12-22(13-18)19(23)10-5-14-1-3-15(11-21)4-2-14/h1-4,6-9,18H,5,10,12-13H2. The van der Waals surface area contributed by atoms with E-state index in [-0.39, 0.29) is 30.3 Å². The fraction of sp³-hybridized carbons (Fsp3) is 0.263. The highest BCUT2D eigenvalue weighted by Gasteiger charge is 2.40. The topological polar surface area (TPSA) is 78.2 Å². The van der Waals surface area contributed by atoms with E-state index in [4.69, 9.17) is 5.26 Å². The molecule has 2 aromatic rings. The lowest BCUT2D eigenvalue weighted by atomic mass is 10.1. The highest BCUT2D eigenvalue weighted by atomic mass is 32.2. The zero-order valence-corrected chi connectivity index (χ0v) is 14.7. The summed E-state index contributed by atoms with van der Waals surface area (Å²) < 4.78 is 37.8. The van der Waals surface area contributed by atoms with Crippen LogP contribution in [-0.4, -0.2) is 37.6 Å². The molecule has 1 amide bonds. The summed E-state index contributed by atoms with van der Waals surface area (Å²) in [4.78, 5) is 13.8. The molecule has 1 fully saturated rings. The lowest BCUT2D eigenvalue weighted by molar-refractivity contribution is -0.134. The first-order valence-electron chi connectivity index (χ1n) is 8.16. The first-order chi connectivity index (χ1) is 12.4. The fourth-order valence-electron chi connectivity index (χ4n) is 2.81. The zero-order valence-electron chi connectivity index (χ0n) is 13.9. The molecule has 1 heterocycles. The number of aryl methyl sites for hydroxylation is 1. The number of nitriles is 1. The van der Waals surface area contributed by atoms with Crippen molar-refractivity contribution in [1.82, 2.24) is 4.90 Å². The maximum absolute atomic E-state index is 12.9. The molecule has 7 heteroatoms. The molecular weight excluding hydrogens is 355 g/mol. The predicted molar refractivity (Wildman–Crippen MR) is 93.4 cm³/mol. The van der Waals surface area contributed by atoms with Gasteiger partial charge in [0.05, 0.1) is 16.5 Å². The van der Waals surface area contributed by atoms with Crippen LogP contribution >= 0.6 is 0 Å². The van der Waals surface area contributed by atoms with Gasteiger partial charge in [0.1, 0.15) is 11.1 Å². The molecule has 26 heavy (non-hydrogen) atoms. The minimum Gasteiger partial charge on any atom is -0.340 e. The van der Waals surface area contributed by atoms with Gasteiger partial charge in [-0.15, -0.1) is 0 Å². The van der Waals surface area contributed by atoms with Crippen molar-refractivity contribution in [3.05, 3.63) is 65.5 Å². The second-order valence-electron chi connectivity index (χ2n) is 6.23. The summed E-state index contributed by atoms with van der Waals surface area (Å²) in [7, 11) is -3.55. The average Bonchev–Trinajstić information content (AvgIpc) is 2.59. The van der Waals surface area contributed by atoms with E-state index in [0.29, 0.717) is 12.0 Å². The lowest BCUT2D eigenvalue weighted by Gasteiger charge is -2.38. The Balaban J connectivity index is 1.53. The largest absolute Gasteiger partial charge is 0.340 e. The van der Waals surface area contributed by atoms with Crippen LogP contribution in [0.15, 0.2) is 53.4 Å². The van der Waals surface area contributed by atoms with Gasteiger partial charge < -0.3 is 4.90 Å². The minimum absolute atomic E-state index is 0.0774. The monoisotopic (exact) mass is 372 g/mol. The van der Waals surface area contributed by atoms with Crippen molar-refractivity contribution < 1.29 is 17.6 Å². The molecule has 1 saturated heterocycles. The van der Waals surface area contributed by atoms with Crippen LogP contribution < -0.4 is 0 Å². The van der Waals surface area contributed by atoms with E-state index in [1.165, 1.54) is 17.0 Å². The van der Waals surface area contributed by atoms with E-state index in [2.05, 4.69) is 0 Å². The second kappa shape index (κ2) is 7.26. The number of amides is 1. The molecule has 1 aliphatic rings. The number of carbonyl (C=O) groups excluding carboxylic acids is 1.